The number of nitro groups is 1. The van der Waals surface area contributed by atoms with E-state index < -0.39 is 4.92 Å². The van der Waals surface area contributed by atoms with Gasteiger partial charge >= 0.3 is 0 Å². The van der Waals surface area contributed by atoms with E-state index in [0.717, 1.165) is 6.20 Å². The molecule has 15 heavy (non-hydrogen) atoms. The Morgan fingerprint density at radius 3 is 2.93 bits per heavy atom. The maximum atomic E-state index is 10.7. The minimum atomic E-state index is -0.540. The van der Waals surface area contributed by atoms with Crippen LogP contribution in [0, 0.1) is 17.0 Å². The molecule has 2 rings (SSSR count). The van der Waals surface area contributed by atoms with Crippen molar-refractivity contribution in [2.24, 2.45) is 0 Å². The number of rotatable bonds is 2. The lowest BCUT2D eigenvalue weighted by atomic mass is 10.2. The smallest absolute Gasteiger partial charge is 0.300 e. The van der Waals surface area contributed by atoms with E-state index in [1.54, 1.807) is 6.92 Å². The summed E-state index contributed by atoms with van der Waals surface area (Å²) in [6, 6.07) is 1.46. The molecule has 0 unspecified atom stereocenters. The number of nitrogens with zero attached hydrogens (tertiary/aromatic N) is 4. The third-order valence-electron chi connectivity index (χ3n) is 1.75. The van der Waals surface area contributed by atoms with E-state index >= 15 is 0 Å². The summed E-state index contributed by atoms with van der Waals surface area (Å²) in [6.45, 7) is 1.64. The van der Waals surface area contributed by atoms with Crippen molar-refractivity contribution >= 4 is 5.69 Å². The van der Waals surface area contributed by atoms with Gasteiger partial charge in [0.05, 0.1) is 4.92 Å². The molecule has 0 amide bonds. The van der Waals surface area contributed by atoms with E-state index in [0.29, 0.717) is 5.82 Å². The number of aryl methyl sites for hydroxylation is 1. The molecule has 0 aliphatic carbocycles. The average molecular weight is 206 g/mol. The lowest BCUT2D eigenvalue weighted by Gasteiger charge is -1.95. The van der Waals surface area contributed by atoms with Gasteiger partial charge < -0.3 is 4.52 Å². The standard InChI is InChI=1S/C8H6N4O3/c1-5-10-8(15-11-5)6-2-3-9-4-7(6)12(13)14/h2-4H,1H3. The molecular weight excluding hydrogens is 200 g/mol. The van der Waals surface area contributed by atoms with Crippen LogP contribution in [0.1, 0.15) is 5.82 Å². The van der Waals surface area contributed by atoms with Gasteiger partial charge in [0.1, 0.15) is 11.8 Å². The van der Waals surface area contributed by atoms with Crippen LogP contribution < -0.4 is 0 Å². The number of aromatic nitrogens is 3. The van der Waals surface area contributed by atoms with Gasteiger partial charge in [-0.25, -0.2) is 0 Å². The number of hydrogen-bond acceptors (Lipinski definition) is 6. The van der Waals surface area contributed by atoms with Gasteiger partial charge in [0.2, 0.25) is 0 Å². The molecule has 7 nitrogen and oxygen atoms in total. The van der Waals surface area contributed by atoms with Crippen LogP contribution in [-0.2, 0) is 0 Å². The quantitative estimate of drug-likeness (QED) is 0.543. The molecule has 0 bridgehead atoms. The van der Waals surface area contributed by atoms with Crippen molar-refractivity contribution in [1.29, 1.82) is 0 Å². The molecule has 0 aliphatic heterocycles. The molecule has 76 valence electrons. The lowest BCUT2D eigenvalue weighted by molar-refractivity contribution is -0.384. The van der Waals surface area contributed by atoms with Gasteiger partial charge in [-0.1, -0.05) is 5.16 Å². The Kier molecular flexibility index (Phi) is 2.13. The van der Waals surface area contributed by atoms with Crippen molar-refractivity contribution in [3.63, 3.8) is 0 Å². The van der Waals surface area contributed by atoms with Crippen LogP contribution in [0.15, 0.2) is 23.0 Å². The Hall–Kier alpha value is -2.31. The molecule has 0 saturated heterocycles. The summed E-state index contributed by atoms with van der Waals surface area (Å²) in [6.07, 6.45) is 2.58. The van der Waals surface area contributed by atoms with E-state index in [2.05, 4.69) is 15.1 Å². The molecular formula is C8H6N4O3. The van der Waals surface area contributed by atoms with Crippen LogP contribution in [-0.4, -0.2) is 20.0 Å². The summed E-state index contributed by atoms with van der Waals surface area (Å²) >= 11 is 0. The van der Waals surface area contributed by atoms with Crippen molar-refractivity contribution < 1.29 is 9.45 Å². The van der Waals surface area contributed by atoms with Gasteiger partial charge in [0.15, 0.2) is 5.82 Å². The summed E-state index contributed by atoms with van der Waals surface area (Å²) in [5.41, 5.74) is 0.122. The zero-order valence-corrected chi connectivity index (χ0v) is 7.75. The molecule has 0 saturated carbocycles. The Morgan fingerprint density at radius 1 is 1.53 bits per heavy atom. The van der Waals surface area contributed by atoms with E-state index in [1.165, 1.54) is 12.3 Å². The topological polar surface area (TPSA) is 95.0 Å². The maximum absolute atomic E-state index is 10.7. The van der Waals surface area contributed by atoms with Crippen molar-refractivity contribution in [2.45, 2.75) is 6.92 Å². The van der Waals surface area contributed by atoms with Crippen LogP contribution in [0.4, 0.5) is 5.69 Å². The first-order valence-corrected chi connectivity index (χ1v) is 4.07. The van der Waals surface area contributed by atoms with Crippen LogP contribution in [0.3, 0.4) is 0 Å². The second kappa shape index (κ2) is 3.45. The fraction of sp³-hybridized carbons (Fsp3) is 0.125. The molecule has 7 heteroatoms. The molecule has 0 aromatic carbocycles. The third-order valence-corrected chi connectivity index (χ3v) is 1.75. The highest BCUT2D eigenvalue weighted by molar-refractivity contribution is 5.65. The van der Waals surface area contributed by atoms with Gasteiger partial charge in [-0.2, -0.15) is 4.98 Å². The largest absolute Gasteiger partial charge is 0.334 e. The van der Waals surface area contributed by atoms with Gasteiger partial charge in [0, 0.05) is 6.20 Å². The minimum Gasteiger partial charge on any atom is -0.334 e. The van der Waals surface area contributed by atoms with Crippen LogP contribution >= 0.6 is 0 Å². The summed E-state index contributed by atoms with van der Waals surface area (Å²) in [5, 5.41) is 14.2. The fourth-order valence-corrected chi connectivity index (χ4v) is 1.12. The van der Waals surface area contributed by atoms with Crippen molar-refractivity contribution in [3.05, 3.63) is 34.4 Å². The lowest BCUT2D eigenvalue weighted by Crippen LogP contribution is -1.92. The zero-order chi connectivity index (χ0) is 10.8. The highest BCUT2D eigenvalue weighted by atomic mass is 16.6. The second-order valence-electron chi connectivity index (χ2n) is 2.80. The van der Waals surface area contributed by atoms with Crippen molar-refractivity contribution in [1.82, 2.24) is 15.1 Å². The Morgan fingerprint density at radius 2 is 2.33 bits per heavy atom. The van der Waals surface area contributed by atoms with Crippen LogP contribution in [0.25, 0.3) is 11.5 Å². The maximum Gasteiger partial charge on any atom is 0.300 e. The predicted octanol–water partition coefficient (Wildman–Crippen LogP) is 1.35. The summed E-state index contributed by atoms with van der Waals surface area (Å²) < 4.78 is 4.85. The molecule has 0 N–H and O–H groups in total. The monoisotopic (exact) mass is 206 g/mol. The molecule has 0 spiro atoms. The van der Waals surface area contributed by atoms with E-state index in [4.69, 9.17) is 4.52 Å². The van der Waals surface area contributed by atoms with Crippen molar-refractivity contribution in [2.75, 3.05) is 0 Å². The molecule has 2 heterocycles. The van der Waals surface area contributed by atoms with Crippen LogP contribution in [0.2, 0.25) is 0 Å². The molecule has 0 fully saturated rings. The average Bonchev–Trinajstić information content (AvgIpc) is 2.65. The van der Waals surface area contributed by atoms with E-state index in [9.17, 15) is 10.1 Å². The molecule has 2 aromatic heterocycles. The highest BCUT2D eigenvalue weighted by Gasteiger charge is 2.19. The van der Waals surface area contributed by atoms with E-state index in [1.807, 2.05) is 0 Å². The number of hydrogen-bond donors (Lipinski definition) is 0. The SMILES string of the molecule is Cc1noc(-c2ccncc2[N+](=O)[O-])n1. The predicted molar refractivity (Wildman–Crippen MR) is 48.9 cm³/mol. The molecule has 0 radical (unpaired) electrons. The van der Waals surface area contributed by atoms with Crippen LogP contribution in [0.5, 0.6) is 0 Å². The normalized spacial score (nSPS) is 10.2. The van der Waals surface area contributed by atoms with Gasteiger partial charge in [-0.15, -0.1) is 0 Å². The second-order valence-corrected chi connectivity index (χ2v) is 2.80. The summed E-state index contributed by atoms with van der Waals surface area (Å²) in [7, 11) is 0. The first-order valence-electron chi connectivity index (χ1n) is 4.07. The zero-order valence-electron chi connectivity index (χ0n) is 7.75. The van der Waals surface area contributed by atoms with Gasteiger partial charge in [0.25, 0.3) is 11.6 Å². The third kappa shape index (κ3) is 1.66. The summed E-state index contributed by atoms with van der Waals surface area (Å²) in [5.74, 6) is 0.553. The minimum absolute atomic E-state index is 0.126. The Labute approximate surface area is 83.9 Å². The van der Waals surface area contributed by atoms with Gasteiger partial charge in [-0.05, 0) is 13.0 Å². The molecule has 0 aliphatic rings. The highest BCUT2D eigenvalue weighted by Crippen LogP contribution is 2.26. The molecule has 2 aromatic rings. The number of pyridine rings is 1. The van der Waals surface area contributed by atoms with Crippen molar-refractivity contribution in [3.8, 4) is 11.5 Å². The summed E-state index contributed by atoms with van der Waals surface area (Å²) in [4.78, 5) is 17.7. The molecule has 0 atom stereocenters. The first-order chi connectivity index (χ1) is 7.18. The Balaban J connectivity index is 2.57. The first kappa shape index (κ1) is 9.25. The van der Waals surface area contributed by atoms with Gasteiger partial charge in [-0.3, -0.25) is 15.1 Å². The fourth-order valence-electron chi connectivity index (χ4n) is 1.12. The Bertz CT molecular complexity index is 508. The van der Waals surface area contributed by atoms with E-state index in [-0.39, 0.29) is 17.1 Å².